The van der Waals surface area contributed by atoms with Gasteiger partial charge in [0.2, 0.25) is 10.0 Å². The quantitative estimate of drug-likeness (QED) is 0.507. The van der Waals surface area contributed by atoms with E-state index in [0.29, 0.717) is 0 Å². The van der Waals surface area contributed by atoms with E-state index >= 15 is 0 Å². The topological polar surface area (TPSA) is 119 Å². The number of carboxylic acid groups (broad SMARTS) is 1. The molecule has 0 spiro atoms. The number of rotatable bonds is 5. The van der Waals surface area contributed by atoms with E-state index in [9.17, 15) is 13.2 Å². The Labute approximate surface area is 85.8 Å². The zero-order valence-corrected chi connectivity index (χ0v) is 8.36. The van der Waals surface area contributed by atoms with Gasteiger partial charge in [0.05, 0.1) is 11.5 Å². The maximum Gasteiger partial charge on any atom is 0.324 e. The summed E-state index contributed by atoms with van der Waals surface area (Å²) >= 11 is 0. The van der Waals surface area contributed by atoms with E-state index in [1.807, 2.05) is 4.72 Å². The Bertz CT molecular complexity index is 424. The first-order chi connectivity index (χ1) is 6.97. The third-order valence-corrected chi connectivity index (χ3v) is 3.13. The van der Waals surface area contributed by atoms with Gasteiger partial charge in [0.15, 0.2) is 0 Å². The second kappa shape index (κ2) is 4.43. The maximum atomic E-state index is 11.5. The molecule has 0 fully saturated rings. The zero-order valence-electron chi connectivity index (χ0n) is 7.54. The molecule has 0 saturated heterocycles. The number of hydrogen-bond donors (Lipinski definition) is 4. The van der Waals surface area contributed by atoms with Crippen molar-refractivity contribution in [3.63, 3.8) is 0 Å². The van der Waals surface area contributed by atoms with Crippen molar-refractivity contribution in [2.45, 2.75) is 10.9 Å². The summed E-state index contributed by atoms with van der Waals surface area (Å²) in [6.45, 7) is -0.807. The van der Waals surface area contributed by atoms with Gasteiger partial charge >= 0.3 is 5.97 Å². The van der Waals surface area contributed by atoms with Crippen molar-refractivity contribution in [1.82, 2.24) is 9.71 Å². The predicted octanol–water partition coefficient (Wildman–Crippen LogP) is -1.26. The summed E-state index contributed by atoms with van der Waals surface area (Å²) in [6.07, 6.45) is 2.60. The second-order valence-electron chi connectivity index (χ2n) is 2.74. The smallest absolute Gasteiger partial charge is 0.324 e. The van der Waals surface area contributed by atoms with Gasteiger partial charge in [-0.2, -0.15) is 4.72 Å². The molecule has 7 nitrogen and oxygen atoms in total. The van der Waals surface area contributed by atoms with Gasteiger partial charge in [-0.25, -0.2) is 8.42 Å². The average molecular weight is 234 g/mol. The van der Waals surface area contributed by atoms with Crippen LogP contribution in [0.2, 0.25) is 0 Å². The van der Waals surface area contributed by atoms with Gasteiger partial charge in [0.1, 0.15) is 6.04 Å². The molecule has 1 aromatic rings. The van der Waals surface area contributed by atoms with Crippen LogP contribution in [0.4, 0.5) is 0 Å². The summed E-state index contributed by atoms with van der Waals surface area (Å²) in [5.41, 5.74) is 0. The highest BCUT2D eigenvalue weighted by atomic mass is 32.2. The first kappa shape index (κ1) is 11.7. The van der Waals surface area contributed by atoms with Crippen LogP contribution in [0.15, 0.2) is 23.4 Å². The number of carboxylic acids is 1. The van der Waals surface area contributed by atoms with Crippen molar-refractivity contribution < 1.29 is 23.4 Å². The van der Waals surface area contributed by atoms with Crippen LogP contribution in [0, 0.1) is 0 Å². The van der Waals surface area contributed by atoms with Gasteiger partial charge in [0.25, 0.3) is 0 Å². The lowest BCUT2D eigenvalue weighted by Gasteiger charge is -2.10. The molecule has 0 aliphatic carbocycles. The molecule has 84 valence electrons. The van der Waals surface area contributed by atoms with Crippen LogP contribution in [0.5, 0.6) is 0 Å². The summed E-state index contributed by atoms with van der Waals surface area (Å²) in [5.74, 6) is -1.43. The fraction of sp³-hybridized carbons (Fsp3) is 0.286. The summed E-state index contributed by atoms with van der Waals surface area (Å²) in [4.78, 5) is 12.9. The molecular weight excluding hydrogens is 224 g/mol. The lowest BCUT2D eigenvalue weighted by Crippen LogP contribution is -2.43. The zero-order chi connectivity index (χ0) is 11.5. The number of hydrogen-bond acceptors (Lipinski definition) is 4. The van der Waals surface area contributed by atoms with E-state index in [1.165, 1.54) is 18.5 Å². The Morgan fingerprint density at radius 2 is 2.27 bits per heavy atom. The molecule has 0 unspecified atom stereocenters. The Morgan fingerprint density at radius 3 is 2.67 bits per heavy atom. The molecule has 1 atom stereocenters. The van der Waals surface area contributed by atoms with Crippen LogP contribution in [0.3, 0.4) is 0 Å². The second-order valence-corrected chi connectivity index (χ2v) is 4.46. The van der Waals surface area contributed by atoms with Crippen molar-refractivity contribution in [2.75, 3.05) is 6.61 Å². The molecule has 1 aromatic heterocycles. The number of aromatic nitrogens is 1. The molecule has 8 heteroatoms. The van der Waals surface area contributed by atoms with Gasteiger partial charge in [-0.1, -0.05) is 0 Å². The highest BCUT2D eigenvalue weighted by molar-refractivity contribution is 7.89. The molecule has 0 saturated carbocycles. The van der Waals surface area contributed by atoms with E-state index in [1.54, 1.807) is 0 Å². The Hall–Kier alpha value is -1.38. The largest absolute Gasteiger partial charge is 0.480 e. The molecular formula is C7H10N2O5S. The van der Waals surface area contributed by atoms with Gasteiger partial charge < -0.3 is 15.2 Å². The van der Waals surface area contributed by atoms with Crippen molar-refractivity contribution in [3.05, 3.63) is 18.5 Å². The van der Waals surface area contributed by atoms with E-state index in [2.05, 4.69) is 4.98 Å². The lowest BCUT2D eigenvalue weighted by atomic mass is 10.3. The summed E-state index contributed by atoms with van der Waals surface area (Å²) in [5, 5.41) is 17.2. The van der Waals surface area contributed by atoms with Gasteiger partial charge in [-0.3, -0.25) is 4.79 Å². The maximum absolute atomic E-state index is 11.5. The number of sulfonamides is 1. The minimum absolute atomic E-state index is 0.0813. The van der Waals surface area contributed by atoms with E-state index in [4.69, 9.17) is 10.2 Å². The van der Waals surface area contributed by atoms with Crippen molar-refractivity contribution >= 4 is 16.0 Å². The number of aliphatic hydroxyl groups is 1. The minimum Gasteiger partial charge on any atom is -0.480 e. The SMILES string of the molecule is O=C(O)[C@H](CO)NS(=O)(=O)c1cc[nH]c1. The third kappa shape index (κ3) is 2.78. The third-order valence-electron chi connectivity index (χ3n) is 1.66. The number of carbonyl (C=O) groups is 1. The lowest BCUT2D eigenvalue weighted by molar-refractivity contribution is -0.139. The number of aromatic amines is 1. The van der Waals surface area contributed by atoms with Crippen LogP contribution >= 0.6 is 0 Å². The van der Waals surface area contributed by atoms with Gasteiger partial charge in [-0.15, -0.1) is 0 Å². The molecule has 0 aliphatic heterocycles. The molecule has 1 heterocycles. The Kier molecular flexibility index (Phi) is 3.45. The molecule has 4 N–H and O–H groups in total. The summed E-state index contributed by atoms with van der Waals surface area (Å²) < 4.78 is 24.8. The number of aliphatic hydroxyl groups excluding tert-OH is 1. The van der Waals surface area contributed by atoms with E-state index < -0.39 is 28.6 Å². The monoisotopic (exact) mass is 234 g/mol. The van der Waals surface area contributed by atoms with Crippen LogP contribution in [0.25, 0.3) is 0 Å². The van der Waals surface area contributed by atoms with E-state index in [-0.39, 0.29) is 4.90 Å². The van der Waals surface area contributed by atoms with Crippen molar-refractivity contribution in [2.24, 2.45) is 0 Å². The number of aliphatic carboxylic acids is 1. The summed E-state index contributed by atoms with van der Waals surface area (Å²) in [7, 11) is -3.90. The average Bonchev–Trinajstić information content (AvgIpc) is 2.67. The molecule has 0 aromatic carbocycles. The standard InChI is InChI=1S/C7H10N2O5S/c10-4-6(7(11)12)9-15(13,14)5-1-2-8-3-5/h1-3,6,8-10H,4H2,(H,11,12)/t6-/m0/s1. The van der Waals surface area contributed by atoms with Crippen LogP contribution < -0.4 is 4.72 Å². The van der Waals surface area contributed by atoms with Crippen molar-refractivity contribution in [1.29, 1.82) is 0 Å². The first-order valence-corrected chi connectivity index (χ1v) is 5.44. The number of H-pyrrole nitrogens is 1. The Morgan fingerprint density at radius 1 is 1.60 bits per heavy atom. The molecule has 0 amide bonds. The molecule has 0 bridgehead atoms. The highest BCUT2D eigenvalue weighted by Crippen LogP contribution is 2.06. The predicted molar refractivity (Wildman–Crippen MR) is 49.6 cm³/mol. The molecule has 0 radical (unpaired) electrons. The van der Waals surface area contributed by atoms with Crippen LogP contribution in [0.1, 0.15) is 0 Å². The summed E-state index contributed by atoms with van der Waals surface area (Å²) in [6, 6.07) is -0.261. The van der Waals surface area contributed by atoms with Gasteiger partial charge in [0, 0.05) is 12.4 Å². The molecule has 0 aliphatic rings. The van der Waals surface area contributed by atoms with E-state index in [0.717, 1.165) is 0 Å². The molecule has 15 heavy (non-hydrogen) atoms. The Balaban J connectivity index is 2.86. The fourth-order valence-electron chi connectivity index (χ4n) is 0.897. The normalized spacial score (nSPS) is 13.7. The minimum atomic E-state index is -3.90. The van der Waals surface area contributed by atoms with Crippen LogP contribution in [-0.4, -0.2) is 42.2 Å². The van der Waals surface area contributed by atoms with Crippen LogP contribution in [-0.2, 0) is 14.8 Å². The molecule has 1 rings (SSSR count). The number of nitrogens with one attached hydrogen (secondary N) is 2. The first-order valence-electron chi connectivity index (χ1n) is 3.96. The van der Waals surface area contributed by atoms with Gasteiger partial charge in [-0.05, 0) is 6.07 Å². The highest BCUT2D eigenvalue weighted by Gasteiger charge is 2.24. The van der Waals surface area contributed by atoms with Crippen molar-refractivity contribution in [3.8, 4) is 0 Å². The fourth-order valence-corrected chi connectivity index (χ4v) is 2.05.